The molecule has 1 atom stereocenters. The Morgan fingerprint density at radius 2 is 1.53 bits per heavy atom. The van der Waals surface area contributed by atoms with E-state index in [0.717, 1.165) is 24.3 Å². The highest BCUT2D eigenvalue weighted by Gasteiger charge is 2.23. The van der Waals surface area contributed by atoms with Gasteiger partial charge in [-0.3, -0.25) is 14.4 Å². The molecule has 0 spiro atoms. The van der Waals surface area contributed by atoms with Crippen molar-refractivity contribution in [2.45, 2.75) is 19.4 Å². The number of hydrogen-bond acceptors (Lipinski definition) is 5. The summed E-state index contributed by atoms with van der Waals surface area (Å²) in [4.78, 5) is 36.1. The fourth-order valence-corrected chi connectivity index (χ4v) is 2.86. The summed E-state index contributed by atoms with van der Waals surface area (Å²) in [6, 6.07) is 8.04. The predicted molar refractivity (Wildman–Crippen MR) is 114 cm³/mol. The van der Waals surface area contributed by atoms with Crippen LogP contribution in [0.4, 0.5) is 8.78 Å². The topological polar surface area (TPSA) is 101 Å². The van der Waals surface area contributed by atoms with Crippen molar-refractivity contribution in [3.63, 3.8) is 0 Å². The van der Waals surface area contributed by atoms with Crippen LogP contribution in [-0.4, -0.2) is 34.9 Å². The third-order valence-electron chi connectivity index (χ3n) is 4.64. The van der Waals surface area contributed by atoms with Crippen molar-refractivity contribution >= 4 is 29.7 Å². The molecule has 2 aromatic rings. The molecule has 32 heavy (non-hydrogen) atoms. The second kappa shape index (κ2) is 11.7. The van der Waals surface area contributed by atoms with Gasteiger partial charge in [0.05, 0.1) is 19.6 Å². The van der Waals surface area contributed by atoms with Crippen LogP contribution in [0.2, 0.25) is 0 Å². The van der Waals surface area contributed by atoms with Crippen LogP contribution in [0.5, 0.6) is 5.75 Å². The van der Waals surface area contributed by atoms with Gasteiger partial charge in [-0.1, -0.05) is 30.4 Å². The summed E-state index contributed by atoms with van der Waals surface area (Å²) in [6.07, 6.45) is 4.17. The van der Waals surface area contributed by atoms with E-state index in [-0.39, 0.29) is 17.7 Å². The number of benzene rings is 2. The van der Waals surface area contributed by atoms with Crippen molar-refractivity contribution in [1.82, 2.24) is 0 Å². The number of methoxy groups -OCH3 is 1. The van der Waals surface area contributed by atoms with Crippen molar-refractivity contribution in [2.75, 3.05) is 7.11 Å². The Hall–Kier alpha value is -3.65. The molecule has 0 aliphatic heterocycles. The zero-order valence-corrected chi connectivity index (χ0v) is 17.3. The minimum Gasteiger partial charge on any atom is -0.494 e. The molecule has 0 amide bonds. The Bertz CT molecular complexity index is 983. The number of carboxylic acid groups (broad SMARTS) is 1. The lowest BCUT2D eigenvalue weighted by Crippen LogP contribution is -2.22. The van der Waals surface area contributed by atoms with E-state index in [1.165, 1.54) is 43.5 Å². The number of carboxylic acids is 1. The highest BCUT2D eigenvalue weighted by molar-refractivity contribution is 6.13. The maximum atomic E-state index is 13.8. The van der Waals surface area contributed by atoms with Crippen LogP contribution >= 0.6 is 0 Å². The summed E-state index contributed by atoms with van der Waals surface area (Å²) >= 11 is 0. The summed E-state index contributed by atoms with van der Waals surface area (Å²) in [5.41, 5.74) is 0.793. The lowest BCUT2D eigenvalue weighted by molar-refractivity contribution is -0.137. The van der Waals surface area contributed by atoms with E-state index in [1.807, 2.05) is 0 Å². The van der Waals surface area contributed by atoms with Gasteiger partial charge in [-0.25, -0.2) is 8.78 Å². The van der Waals surface area contributed by atoms with E-state index in [0.29, 0.717) is 11.1 Å². The van der Waals surface area contributed by atoms with Crippen molar-refractivity contribution < 1.29 is 38.1 Å². The molecule has 0 aliphatic rings. The molecule has 0 heterocycles. The molecule has 0 radical (unpaired) electrons. The maximum Gasteiger partial charge on any atom is 0.303 e. The van der Waals surface area contributed by atoms with Crippen LogP contribution in [-0.2, 0) is 21.0 Å². The van der Waals surface area contributed by atoms with Gasteiger partial charge >= 0.3 is 5.97 Å². The van der Waals surface area contributed by atoms with Crippen LogP contribution in [0, 0.1) is 17.6 Å². The largest absolute Gasteiger partial charge is 0.494 e. The van der Waals surface area contributed by atoms with Gasteiger partial charge in [0.1, 0.15) is 5.82 Å². The summed E-state index contributed by atoms with van der Waals surface area (Å²) in [5, 5.41) is 17.9. The number of carbonyl (C=O) groups is 3. The summed E-state index contributed by atoms with van der Waals surface area (Å²) in [6.45, 7) is -0.467. The molecule has 1 unspecified atom stereocenters. The number of aliphatic hydroxyl groups excluding tert-OH is 1. The van der Waals surface area contributed by atoms with E-state index in [4.69, 9.17) is 14.9 Å². The number of halogens is 2. The Labute approximate surface area is 183 Å². The van der Waals surface area contributed by atoms with Gasteiger partial charge in [-0.05, 0) is 47.9 Å². The molecule has 2 aromatic carbocycles. The fourth-order valence-electron chi connectivity index (χ4n) is 2.86. The van der Waals surface area contributed by atoms with E-state index in [1.54, 1.807) is 0 Å². The molecule has 2 N–H and O–H groups in total. The highest BCUT2D eigenvalue weighted by Crippen LogP contribution is 2.20. The first kappa shape index (κ1) is 24.6. The maximum absolute atomic E-state index is 13.8. The van der Waals surface area contributed by atoms with Crippen molar-refractivity contribution in [3.05, 3.63) is 76.9 Å². The van der Waals surface area contributed by atoms with Crippen LogP contribution in [0.1, 0.15) is 29.5 Å². The zero-order chi connectivity index (χ0) is 23.7. The molecule has 0 bridgehead atoms. The first-order valence-electron chi connectivity index (χ1n) is 9.63. The molecule has 8 heteroatoms. The number of rotatable bonds is 11. The second-order valence-corrected chi connectivity index (χ2v) is 6.86. The minimum atomic E-state index is -1.26. The van der Waals surface area contributed by atoms with Crippen LogP contribution in [0.15, 0.2) is 48.6 Å². The average molecular weight is 444 g/mol. The van der Waals surface area contributed by atoms with Crippen LogP contribution in [0.3, 0.4) is 0 Å². The number of ketones is 2. The summed E-state index contributed by atoms with van der Waals surface area (Å²) in [7, 11) is 1.32. The average Bonchev–Trinajstić information content (AvgIpc) is 2.76. The Morgan fingerprint density at radius 1 is 0.969 bits per heavy atom. The minimum absolute atomic E-state index is 0.0385. The molecular formula is C24H22F2O6. The standard InChI is InChI=1S/C24H22F2O6/c1-32-23-10-5-16(13-20(23)26)4-9-22(29)18(7-11-24(30)31)21(28)8-3-15-2-6-17(14-27)19(25)12-15/h2-6,8-10,12-13,18,27H,7,11,14H2,1H3,(H,30,31)/b8-3+,9-4+. The molecule has 0 saturated carbocycles. The van der Waals surface area contributed by atoms with Crippen molar-refractivity contribution in [2.24, 2.45) is 5.92 Å². The molecular weight excluding hydrogens is 422 g/mol. The third kappa shape index (κ3) is 6.95. The fraction of sp³-hybridized carbons (Fsp3) is 0.208. The Balaban J connectivity index is 2.19. The smallest absolute Gasteiger partial charge is 0.303 e. The van der Waals surface area contributed by atoms with E-state index in [2.05, 4.69) is 0 Å². The first-order valence-corrected chi connectivity index (χ1v) is 9.63. The van der Waals surface area contributed by atoms with Crippen LogP contribution in [0.25, 0.3) is 12.2 Å². The lowest BCUT2D eigenvalue weighted by atomic mass is 9.92. The predicted octanol–water partition coefficient (Wildman–Crippen LogP) is 3.81. The van der Waals surface area contributed by atoms with E-state index < -0.39 is 48.1 Å². The van der Waals surface area contributed by atoms with Gasteiger partial charge < -0.3 is 14.9 Å². The quantitative estimate of drug-likeness (QED) is 0.404. The number of ether oxygens (including phenoxy) is 1. The number of allylic oxidation sites excluding steroid dienone is 2. The molecule has 2 rings (SSSR count). The van der Waals surface area contributed by atoms with E-state index in [9.17, 15) is 23.2 Å². The van der Waals surface area contributed by atoms with Crippen LogP contribution < -0.4 is 4.74 Å². The number of hydrogen-bond donors (Lipinski definition) is 2. The Morgan fingerprint density at radius 3 is 2.00 bits per heavy atom. The van der Waals surface area contributed by atoms with Crippen molar-refractivity contribution in [1.29, 1.82) is 0 Å². The molecule has 6 nitrogen and oxygen atoms in total. The number of carbonyl (C=O) groups excluding carboxylic acids is 2. The third-order valence-corrected chi connectivity index (χ3v) is 4.64. The van der Waals surface area contributed by atoms with Gasteiger partial charge in [0.2, 0.25) is 0 Å². The van der Waals surface area contributed by atoms with Gasteiger partial charge in [-0.15, -0.1) is 0 Å². The van der Waals surface area contributed by atoms with Gasteiger partial charge in [-0.2, -0.15) is 0 Å². The number of aliphatic carboxylic acids is 1. The molecule has 0 saturated heterocycles. The monoisotopic (exact) mass is 444 g/mol. The van der Waals surface area contributed by atoms with Crippen molar-refractivity contribution in [3.8, 4) is 5.75 Å². The lowest BCUT2D eigenvalue weighted by Gasteiger charge is -2.09. The van der Waals surface area contributed by atoms with E-state index >= 15 is 0 Å². The van der Waals surface area contributed by atoms with Gasteiger partial charge in [0, 0.05) is 12.0 Å². The summed E-state index contributed by atoms with van der Waals surface area (Å²) in [5.74, 6) is -4.94. The molecule has 0 aliphatic carbocycles. The highest BCUT2D eigenvalue weighted by atomic mass is 19.1. The second-order valence-electron chi connectivity index (χ2n) is 6.86. The van der Waals surface area contributed by atoms with Gasteiger partial charge in [0.15, 0.2) is 23.1 Å². The molecule has 168 valence electrons. The SMILES string of the molecule is COc1ccc(/C=C/C(=O)C(CCC(=O)O)C(=O)/C=C/c2ccc(CO)c(F)c2)cc1F. The first-order chi connectivity index (χ1) is 15.2. The zero-order valence-electron chi connectivity index (χ0n) is 17.3. The summed E-state index contributed by atoms with van der Waals surface area (Å²) < 4.78 is 32.4. The Kier molecular flexibility index (Phi) is 8.97. The van der Waals surface area contributed by atoms with Gasteiger partial charge in [0.25, 0.3) is 0 Å². The molecule has 0 aromatic heterocycles. The molecule has 0 fully saturated rings. The number of aliphatic hydroxyl groups is 1. The normalized spacial score (nSPS) is 12.2.